The molecule has 138 valence electrons. The lowest BCUT2D eigenvalue weighted by Crippen LogP contribution is -2.13. The third-order valence-corrected chi connectivity index (χ3v) is 4.35. The zero-order valence-electron chi connectivity index (χ0n) is 15.4. The average molecular weight is 369 g/mol. The minimum absolute atomic E-state index is 0.0954. The van der Waals surface area contributed by atoms with Gasteiger partial charge in [-0.1, -0.05) is 30.3 Å². The van der Waals surface area contributed by atoms with Crippen molar-refractivity contribution in [3.8, 4) is 0 Å². The van der Waals surface area contributed by atoms with E-state index in [0.29, 0.717) is 5.69 Å². The molecule has 0 saturated carbocycles. The SMILES string of the molecule is Cc1ccc2c(CC(=O)Nc3ccc(N=Nc4ccccc4)cc3)coc2c1. The predicted molar refractivity (Wildman–Crippen MR) is 110 cm³/mol. The molecule has 0 bridgehead atoms. The van der Waals surface area contributed by atoms with Crippen molar-refractivity contribution in [2.45, 2.75) is 13.3 Å². The van der Waals surface area contributed by atoms with Crippen LogP contribution in [0.25, 0.3) is 11.0 Å². The summed E-state index contributed by atoms with van der Waals surface area (Å²) in [6.45, 7) is 2.01. The fraction of sp³-hybridized carbons (Fsp3) is 0.0870. The molecule has 1 aromatic heterocycles. The Bertz CT molecular complexity index is 1130. The first-order valence-electron chi connectivity index (χ1n) is 9.01. The van der Waals surface area contributed by atoms with Crippen molar-refractivity contribution in [3.63, 3.8) is 0 Å². The first-order chi connectivity index (χ1) is 13.7. The maximum atomic E-state index is 12.4. The quantitative estimate of drug-likeness (QED) is 0.417. The number of benzene rings is 3. The average Bonchev–Trinajstić information content (AvgIpc) is 3.10. The highest BCUT2D eigenvalue weighted by atomic mass is 16.3. The monoisotopic (exact) mass is 369 g/mol. The van der Waals surface area contributed by atoms with Crippen LogP contribution in [0.5, 0.6) is 0 Å². The Labute approximate surface area is 162 Å². The number of nitrogens with zero attached hydrogens (tertiary/aromatic N) is 2. The Morgan fingerprint density at radius 3 is 2.39 bits per heavy atom. The number of amides is 1. The number of azo groups is 1. The summed E-state index contributed by atoms with van der Waals surface area (Å²) in [5, 5.41) is 12.3. The first kappa shape index (κ1) is 17.7. The van der Waals surface area contributed by atoms with E-state index < -0.39 is 0 Å². The second kappa shape index (κ2) is 7.88. The van der Waals surface area contributed by atoms with Crippen LogP contribution < -0.4 is 5.32 Å². The Kier molecular flexibility index (Phi) is 4.97. The van der Waals surface area contributed by atoms with E-state index in [1.807, 2.05) is 79.7 Å². The topological polar surface area (TPSA) is 67.0 Å². The van der Waals surface area contributed by atoms with Gasteiger partial charge in [0.1, 0.15) is 5.58 Å². The van der Waals surface area contributed by atoms with E-state index in [4.69, 9.17) is 4.42 Å². The van der Waals surface area contributed by atoms with Gasteiger partial charge >= 0.3 is 0 Å². The van der Waals surface area contributed by atoms with Gasteiger partial charge < -0.3 is 9.73 Å². The van der Waals surface area contributed by atoms with Crippen LogP contribution in [0, 0.1) is 6.92 Å². The second-order valence-corrected chi connectivity index (χ2v) is 6.57. The largest absolute Gasteiger partial charge is 0.464 e. The molecule has 28 heavy (non-hydrogen) atoms. The van der Waals surface area contributed by atoms with Gasteiger partial charge in [-0.15, -0.1) is 0 Å². The van der Waals surface area contributed by atoms with Crippen LogP contribution >= 0.6 is 0 Å². The highest BCUT2D eigenvalue weighted by molar-refractivity contribution is 5.95. The van der Waals surface area contributed by atoms with E-state index in [-0.39, 0.29) is 12.3 Å². The van der Waals surface area contributed by atoms with E-state index in [1.165, 1.54) is 0 Å². The molecule has 1 heterocycles. The van der Waals surface area contributed by atoms with Crippen LogP contribution in [0.15, 0.2) is 93.7 Å². The number of fused-ring (bicyclic) bond motifs is 1. The van der Waals surface area contributed by atoms with E-state index in [0.717, 1.165) is 33.5 Å². The summed E-state index contributed by atoms with van der Waals surface area (Å²) in [5.41, 5.74) is 5.03. The van der Waals surface area contributed by atoms with Crippen molar-refractivity contribution in [2.75, 3.05) is 5.32 Å². The van der Waals surface area contributed by atoms with Crippen molar-refractivity contribution < 1.29 is 9.21 Å². The Hall–Kier alpha value is -3.73. The van der Waals surface area contributed by atoms with Gasteiger partial charge in [0.2, 0.25) is 5.91 Å². The van der Waals surface area contributed by atoms with Crippen molar-refractivity contribution in [1.82, 2.24) is 0 Å². The van der Waals surface area contributed by atoms with Crippen LogP contribution in [-0.2, 0) is 11.2 Å². The van der Waals surface area contributed by atoms with Crippen molar-refractivity contribution in [1.29, 1.82) is 0 Å². The minimum atomic E-state index is -0.0954. The smallest absolute Gasteiger partial charge is 0.228 e. The highest BCUT2D eigenvalue weighted by Gasteiger charge is 2.11. The molecule has 3 aromatic carbocycles. The molecule has 5 heteroatoms. The number of hydrogen-bond acceptors (Lipinski definition) is 4. The summed E-state index contributed by atoms with van der Waals surface area (Å²) in [6.07, 6.45) is 1.91. The minimum Gasteiger partial charge on any atom is -0.464 e. The molecule has 4 aromatic rings. The summed E-state index contributed by atoms with van der Waals surface area (Å²) in [5.74, 6) is -0.0954. The first-order valence-corrected chi connectivity index (χ1v) is 9.01. The molecule has 0 fully saturated rings. The van der Waals surface area contributed by atoms with Crippen LogP contribution in [0.2, 0.25) is 0 Å². The summed E-state index contributed by atoms with van der Waals surface area (Å²) in [4.78, 5) is 12.4. The standard InChI is InChI=1S/C23H19N3O2/c1-16-7-12-21-17(15-28-22(21)13-16)14-23(27)24-18-8-10-20(11-9-18)26-25-19-5-3-2-4-6-19/h2-13,15H,14H2,1H3,(H,24,27). The Morgan fingerprint density at radius 2 is 1.64 bits per heavy atom. The summed E-state index contributed by atoms with van der Waals surface area (Å²) < 4.78 is 5.56. The van der Waals surface area contributed by atoms with E-state index >= 15 is 0 Å². The van der Waals surface area contributed by atoms with Gasteiger partial charge in [0.05, 0.1) is 24.1 Å². The third-order valence-electron chi connectivity index (χ3n) is 4.35. The molecule has 0 atom stereocenters. The van der Waals surface area contributed by atoms with Gasteiger partial charge in [0, 0.05) is 16.6 Å². The molecular formula is C23H19N3O2. The molecular weight excluding hydrogens is 350 g/mol. The van der Waals surface area contributed by atoms with Crippen molar-refractivity contribution in [3.05, 3.63) is 90.2 Å². The number of aryl methyl sites for hydroxylation is 1. The molecule has 0 radical (unpaired) electrons. The predicted octanol–water partition coefficient (Wildman–Crippen LogP) is 6.34. The highest BCUT2D eigenvalue weighted by Crippen LogP contribution is 2.24. The second-order valence-electron chi connectivity index (χ2n) is 6.57. The number of carbonyl (C=O) groups excluding carboxylic acids is 1. The van der Waals surface area contributed by atoms with Crippen LogP contribution in [-0.4, -0.2) is 5.91 Å². The molecule has 0 aliphatic rings. The number of hydrogen-bond donors (Lipinski definition) is 1. The lowest BCUT2D eigenvalue weighted by Gasteiger charge is -2.05. The lowest BCUT2D eigenvalue weighted by atomic mass is 10.1. The summed E-state index contributed by atoms with van der Waals surface area (Å²) in [6, 6.07) is 22.8. The van der Waals surface area contributed by atoms with Gasteiger partial charge in [-0.25, -0.2) is 0 Å². The van der Waals surface area contributed by atoms with E-state index in [1.54, 1.807) is 6.26 Å². The van der Waals surface area contributed by atoms with Crippen molar-refractivity contribution in [2.24, 2.45) is 10.2 Å². The van der Waals surface area contributed by atoms with Gasteiger partial charge in [-0.2, -0.15) is 10.2 Å². The number of nitrogens with one attached hydrogen (secondary N) is 1. The molecule has 0 aliphatic carbocycles. The Balaban J connectivity index is 1.39. The Morgan fingerprint density at radius 1 is 0.929 bits per heavy atom. The molecule has 1 N–H and O–H groups in total. The maximum absolute atomic E-state index is 12.4. The fourth-order valence-electron chi connectivity index (χ4n) is 2.93. The van der Waals surface area contributed by atoms with Gasteiger partial charge in [0.25, 0.3) is 0 Å². The molecule has 0 aliphatic heterocycles. The zero-order chi connectivity index (χ0) is 19.3. The number of rotatable bonds is 5. The third kappa shape index (κ3) is 4.15. The summed E-state index contributed by atoms with van der Waals surface area (Å²) in [7, 11) is 0. The normalized spacial score (nSPS) is 11.2. The zero-order valence-corrected chi connectivity index (χ0v) is 15.4. The number of carbonyl (C=O) groups is 1. The van der Waals surface area contributed by atoms with E-state index in [2.05, 4.69) is 15.5 Å². The van der Waals surface area contributed by atoms with Gasteiger partial charge in [-0.05, 0) is 55.0 Å². The molecule has 0 saturated heterocycles. The van der Waals surface area contributed by atoms with Gasteiger partial charge in [0.15, 0.2) is 0 Å². The van der Waals surface area contributed by atoms with Gasteiger partial charge in [-0.3, -0.25) is 4.79 Å². The molecule has 5 nitrogen and oxygen atoms in total. The van der Waals surface area contributed by atoms with Crippen LogP contribution in [0.1, 0.15) is 11.1 Å². The fourth-order valence-corrected chi connectivity index (χ4v) is 2.93. The molecule has 0 unspecified atom stereocenters. The lowest BCUT2D eigenvalue weighted by molar-refractivity contribution is -0.115. The number of furan rings is 1. The molecule has 1 amide bonds. The van der Waals surface area contributed by atoms with Crippen molar-refractivity contribution >= 4 is 33.9 Å². The molecule has 4 rings (SSSR count). The van der Waals surface area contributed by atoms with Crippen LogP contribution in [0.3, 0.4) is 0 Å². The molecule has 0 spiro atoms. The van der Waals surface area contributed by atoms with Crippen LogP contribution in [0.4, 0.5) is 17.1 Å². The maximum Gasteiger partial charge on any atom is 0.228 e. The van der Waals surface area contributed by atoms with E-state index in [9.17, 15) is 4.79 Å². The summed E-state index contributed by atoms with van der Waals surface area (Å²) >= 11 is 0. The number of anilines is 1.